The largest absolute Gasteiger partial charge is 0.310 e. The minimum atomic E-state index is 1.09. The van der Waals surface area contributed by atoms with Gasteiger partial charge in [-0.3, -0.25) is 0 Å². The minimum absolute atomic E-state index is 1.09. The molecular formula is C60H42N2. The van der Waals surface area contributed by atoms with Crippen molar-refractivity contribution in [1.29, 1.82) is 0 Å². The molecule has 2 heteroatoms. The van der Waals surface area contributed by atoms with E-state index in [2.05, 4.69) is 264 Å². The smallest absolute Gasteiger partial charge is 0.0541 e. The van der Waals surface area contributed by atoms with Crippen molar-refractivity contribution in [3.63, 3.8) is 0 Å². The van der Waals surface area contributed by atoms with Crippen LogP contribution in [0.4, 0.5) is 17.1 Å². The number of hydrogen-bond donors (Lipinski definition) is 0. The van der Waals surface area contributed by atoms with Crippen LogP contribution in [0.15, 0.2) is 255 Å². The fourth-order valence-electron chi connectivity index (χ4n) is 8.96. The van der Waals surface area contributed by atoms with E-state index in [0.717, 1.165) is 22.6 Å². The van der Waals surface area contributed by atoms with Crippen molar-refractivity contribution in [2.24, 2.45) is 0 Å². The zero-order chi connectivity index (χ0) is 41.2. The Morgan fingerprint density at radius 2 is 0.629 bits per heavy atom. The quantitative estimate of drug-likeness (QED) is 0.141. The van der Waals surface area contributed by atoms with Gasteiger partial charge in [0.1, 0.15) is 0 Å². The zero-order valence-electron chi connectivity index (χ0n) is 34.1. The van der Waals surface area contributed by atoms with Crippen molar-refractivity contribution in [3.8, 4) is 61.3 Å². The van der Waals surface area contributed by atoms with Gasteiger partial charge < -0.3 is 9.47 Å². The number of fused-ring (bicyclic) bond motifs is 3. The molecule has 292 valence electrons. The van der Waals surface area contributed by atoms with Crippen molar-refractivity contribution in [3.05, 3.63) is 255 Å². The fraction of sp³-hybridized carbons (Fsp3) is 0. The third-order valence-corrected chi connectivity index (χ3v) is 12.0. The highest BCUT2D eigenvalue weighted by atomic mass is 15.1. The minimum Gasteiger partial charge on any atom is -0.310 e. The van der Waals surface area contributed by atoms with Crippen LogP contribution < -0.4 is 4.90 Å². The molecule has 0 atom stereocenters. The average Bonchev–Trinajstić information content (AvgIpc) is 3.69. The first kappa shape index (κ1) is 36.8. The van der Waals surface area contributed by atoms with Crippen LogP contribution in [0.25, 0.3) is 83.1 Å². The second-order valence-corrected chi connectivity index (χ2v) is 15.8. The maximum absolute atomic E-state index is 2.41. The molecule has 11 aromatic rings. The van der Waals surface area contributed by atoms with E-state index in [0.29, 0.717) is 0 Å². The van der Waals surface area contributed by atoms with E-state index < -0.39 is 0 Å². The lowest BCUT2D eigenvalue weighted by Gasteiger charge is -2.26. The molecule has 0 N–H and O–H groups in total. The zero-order valence-corrected chi connectivity index (χ0v) is 34.1. The van der Waals surface area contributed by atoms with Crippen molar-refractivity contribution >= 4 is 38.9 Å². The molecule has 1 heterocycles. The highest BCUT2D eigenvalue weighted by molar-refractivity contribution is 6.09. The Morgan fingerprint density at radius 1 is 0.242 bits per heavy atom. The number of hydrogen-bond acceptors (Lipinski definition) is 1. The van der Waals surface area contributed by atoms with Crippen LogP contribution in [0, 0.1) is 0 Å². The van der Waals surface area contributed by atoms with Gasteiger partial charge >= 0.3 is 0 Å². The summed E-state index contributed by atoms with van der Waals surface area (Å²) >= 11 is 0. The molecule has 0 bridgehead atoms. The van der Waals surface area contributed by atoms with Crippen LogP contribution in [0.5, 0.6) is 0 Å². The van der Waals surface area contributed by atoms with Gasteiger partial charge in [-0.1, -0.05) is 194 Å². The molecule has 0 saturated heterocycles. The molecule has 0 amide bonds. The Hall–Kier alpha value is -8.20. The molecule has 0 aliphatic carbocycles. The van der Waals surface area contributed by atoms with E-state index >= 15 is 0 Å². The predicted octanol–water partition coefficient (Wildman–Crippen LogP) is 16.6. The maximum atomic E-state index is 2.41. The van der Waals surface area contributed by atoms with Crippen LogP contribution in [0.2, 0.25) is 0 Å². The predicted molar refractivity (Wildman–Crippen MR) is 263 cm³/mol. The molecule has 62 heavy (non-hydrogen) atoms. The third kappa shape index (κ3) is 6.94. The molecule has 2 nitrogen and oxygen atoms in total. The van der Waals surface area contributed by atoms with E-state index in [-0.39, 0.29) is 0 Å². The number of benzene rings is 10. The van der Waals surface area contributed by atoms with Crippen molar-refractivity contribution in [2.75, 3.05) is 4.90 Å². The lowest BCUT2D eigenvalue weighted by Crippen LogP contribution is -2.10. The first-order valence-corrected chi connectivity index (χ1v) is 21.3. The molecular weight excluding hydrogens is 749 g/mol. The summed E-state index contributed by atoms with van der Waals surface area (Å²) < 4.78 is 2.41. The maximum Gasteiger partial charge on any atom is 0.0541 e. The number of rotatable bonds is 9. The van der Waals surface area contributed by atoms with E-state index in [1.54, 1.807) is 0 Å². The lowest BCUT2D eigenvalue weighted by atomic mass is 9.97. The number of nitrogens with zero attached hydrogens (tertiary/aromatic N) is 2. The van der Waals surface area contributed by atoms with E-state index in [4.69, 9.17) is 0 Å². The van der Waals surface area contributed by atoms with Gasteiger partial charge in [-0.05, 0) is 111 Å². The summed E-state index contributed by atoms with van der Waals surface area (Å²) in [5.41, 5.74) is 18.7. The Labute approximate surface area is 362 Å². The fourth-order valence-corrected chi connectivity index (χ4v) is 8.96. The van der Waals surface area contributed by atoms with Crippen LogP contribution in [-0.4, -0.2) is 4.57 Å². The van der Waals surface area contributed by atoms with Gasteiger partial charge in [0, 0.05) is 33.4 Å². The monoisotopic (exact) mass is 790 g/mol. The van der Waals surface area contributed by atoms with Crippen LogP contribution in [0.3, 0.4) is 0 Å². The molecule has 0 aliphatic heterocycles. The Bertz CT molecular complexity index is 3260. The second kappa shape index (κ2) is 16.1. The lowest BCUT2D eigenvalue weighted by molar-refractivity contribution is 1.18. The molecule has 0 aliphatic rings. The van der Waals surface area contributed by atoms with Gasteiger partial charge in [0.05, 0.1) is 16.7 Å². The summed E-state index contributed by atoms with van der Waals surface area (Å²) in [4.78, 5) is 2.36. The summed E-state index contributed by atoms with van der Waals surface area (Å²) in [5.74, 6) is 0. The van der Waals surface area contributed by atoms with E-state index in [1.165, 1.54) is 77.6 Å². The Kier molecular flexibility index (Phi) is 9.57. The molecule has 0 fully saturated rings. The van der Waals surface area contributed by atoms with Crippen molar-refractivity contribution < 1.29 is 0 Å². The summed E-state index contributed by atoms with van der Waals surface area (Å²) in [6.07, 6.45) is 0. The molecule has 0 spiro atoms. The summed E-state index contributed by atoms with van der Waals surface area (Å²) in [5, 5.41) is 2.52. The SMILES string of the molecule is c1ccc(-c2ccc(-c3cccc(N(c4ccc(-c5ccccc5)cc4)c4ccc(-c5cccc(-c6ccccc6-n6c7ccccc7c7ccccc76)c5)cc4)c3)cc2)cc1. The third-order valence-electron chi connectivity index (χ3n) is 12.0. The van der Waals surface area contributed by atoms with Crippen molar-refractivity contribution in [2.45, 2.75) is 0 Å². The van der Waals surface area contributed by atoms with Gasteiger partial charge in [-0.15, -0.1) is 0 Å². The Balaban J connectivity index is 0.955. The van der Waals surface area contributed by atoms with Gasteiger partial charge in [-0.2, -0.15) is 0 Å². The normalized spacial score (nSPS) is 11.2. The topological polar surface area (TPSA) is 8.17 Å². The highest BCUT2D eigenvalue weighted by Gasteiger charge is 2.17. The van der Waals surface area contributed by atoms with Crippen LogP contribution in [0.1, 0.15) is 0 Å². The van der Waals surface area contributed by atoms with Gasteiger partial charge in [-0.25, -0.2) is 0 Å². The van der Waals surface area contributed by atoms with Crippen molar-refractivity contribution in [1.82, 2.24) is 4.57 Å². The first-order chi connectivity index (χ1) is 30.7. The summed E-state index contributed by atoms with van der Waals surface area (Å²) in [6, 6.07) is 92.0. The van der Waals surface area contributed by atoms with Crippen LogP contribution in [-0.2, 0) is 0 Å². The van der Waals surface area contributed by atoms with Crippen LogP contribution >= 0.6 is 0 Å². The van der Waals surface area contributed by atoms with E-state index in [9.17, 15) is 0 Å². The molecule has 0 radical (unpaired) electrons. The van der Waals surface area contributed by atoms with E-state index in [1.807, 2.05) is 0 Å². The summed E-state index contributed by atoms with van der Waals surface area (Å²) in [6.45, 7) is 0. The van der Waals surface area contributed by atoms with Gasteiger partial charge in [0.2, 0.25) is 0 Å². The average molecular weight is 791 g/mol. The highest BCUT2D eigenvalue weighted by Crippen LogP contribution is 2.40. The number of aromatic nitrogens is 1. The number of para-hydroxylation sites is 3. The number of anilines is 3. The molecule has 1 aromatic heterocycles. The second-order valence-electron chi connectivity index (χ2n) is 15.8. The first-order valence-electron chi connectivity index (χ1n) is 21.3. The van der Waals surface area contributed by atoms with Gasteiger partial charge in [0.25, 0.3) is 0 Å². The summed E-state index contributed by atoms with van der Waals surface area (Å²) in [7, 11) is 0. The molecule has 10 aromatic carbocycles. The molecule has 11 rings (SSSR count). The Morgan fingerprint density at radius 3 is 1.19 bits per heavy atom. The standard InChI is InChI=1S/C60H42N2/c1-3-15-43(16-4-1)45-29-31-47(32-30-45)50-20-14-22-54(42-50)61(52-37-33-46(34-38-52)44-17-5-2-6-18-44)53-39-35-48(36-40-53)49-19-13-21-51(41-49)55-23-7-10-26-58(55)62-59-27-11-8-24-56(59)57-25-9-12-28-60(57)62/h1-42H. The molecule has 0 unspecified atom stereocenters. The molecule has 0 saturated carbocycles. The van der Waals surface area contributed by atoms with Gasteiger partial charge in [0.15, 0.2) is 0 Å².